The molecule has 0 aromatic heterocycles. The van der Waals surface area contributed by atoms with Gasteiger partial charge in [-0.1, -0.05) is 45.0 Å². The first kappa shape index (κ1) is 18.4. The highest BCUT2D eigenvalue weighted by atomic mass is 28.4. The fourth-order valence-corrected chi connectivity index (χ4v) is 5.10. The summed E-state index contributed by atoms with van der Waals surface area (Å²) in [6.07, 6.45) is 4.10. The first-order chi connectivity index (χ1) is 11.6. The van der Waals surface area contributed by atoms with Gasteiger partial charge >= 0.3 is 0 Å². The van der Waals surface area contributed by atoms with Crippen molar-refractivity contribution in [2.45, 2.75) is 71.5 Å². The molecule has 2 unspecified atom stereocenters. The van der Waals surface area contributed by atoms with Crippen molar-refractivity contribution in [2.24, 2.45) is 11.8 Å². The number of Topliss-reactive ketones (excluding diaryl/α,β-unsaturated/α-hetero) is 1. The van der Waals surface area contributed by atoms with Crippen LogP contribution < -0.4 is 0 Å². The Morgan fingerprint density at radius 1 is 1.04 bits per heavy atom. The molecule has 3 heteroatoms. The summed E-state index contributed by atoms with van der Waals surface area (Å²) < 4.78 is 6.74. The van der Waals surface area contributed by atoms with E-state index < -0.39 is 8.32 Å². The number of aryl methyl sites for hydroxylation is 1. The standard InChI is InChI=1S/C22H32O2Si/c1-15-11-13-19(21(15)24-25(5,6)22(2,3)4)18-14-12-16-9-7-8-10-17(16)20(18)23/h7-10,18-19H,11-14H2,1-6H3. The van der Waals surface area contributed by atoms with Gasteiger partial charge in [-0.15, -0.1) is 0 Å². The average molecular weight is 357 g/mol. The minimum absolute atomic E-state index is 0.0899. The van der Waals surface area contributed by atoms with Gasteiger partial charge in [0.05, 0.1) is 5.76 Å². The molecule has 2 aliphatic rings. The van der Waals surface area contributed by atoms with Gasteiger partial charge in [0.1, 0.15) is 0 Å². The lowest BCUT2D eigenvalue weighted by atomic mass is 9.75. The zero-order valence-corrected chi connectivity index (χ0v) is 17.6. The van der Waals surface area contributed by atoms with Crippen molar-refractivity contribution in [1.82, 2.24) is 0 Å². The van der Waals surface area contributed by atoms with Crippen LogP contribution in [0.25, 0.3) is 0 Å². The Bertz CT molecular complexity index is 709. The van der Waals surface area contributed by atoms with Crippen LogP contribution in [0.2, 0.25) is 18.1 Å². The minimum Gasteiger partial charge on any atom is -0.546 e. The van der Waals surface area contributed by atoms with Crippen LogP contribution >= 0.6 is 0 Å². The van der Waals surface area contributed by atoms with Crippen molar-refractivity contribution in [2.75, 3.05) is 0 Å². The van der Waals surface area contributed by atoms with E-state index in [1.54, 1.807) is 0 Å². The van der Waals surface area contributed by atoms with Gasteiger partial charge < -0.3 is 4.43 Å². The summed E-state index contributed by atoms with van der Waals surface area (Å²) in [6.45, 7) is 13.6. The third kappa shape index (κ3) is 3.35. The van der Waals surface area contributed by atoms with E-state index in [4.69, 9.17) is 4.43 Å². The van der Waals surface area contributed by atoms with Crippen LogP contribution in [0.4, 0.5) is 0 Å². The second kappa shape index (κ2) is 6.42. The zero-order valence-electron chi connectivity index (χ0n) is 16.6. The minimum atomic E-state index is -1.88. The summed E-state index contributed by atoms with van der Waals surface area (Å²) >= 11 is 0. The quantitative estimate of drug-likeness (QED) is 0.608. The lowest BCUT2D eigenvalue weighted by Gasteiger charge is -2.40. The first-order valence-electron chi connectivity index (χ1n) is 9.62. The van der Waals surface area contributed by atoms with Crippen LogP contribution in [-0.4, -0.2) is 14.1 Å². The van der Waals surface area contributed by atoms with Crippen LogP contribution in [0.3, 0.4) is 0 Å². The van der Waals surface area contributed by atoms with Gasteiger partial charge in [0.15, 0.2) is 5.78 Å². The maximum atomic E-state index is 13.2. The lowest BCUT2D eigenvalue weighted by Crippen LogP contribution is -2.42. The number of carbonyl (C=O) groups is 1. The maximum absolute atomic E-state index is 13.2. The van der Waals surface area contributed by atoms with Gasteiger partial charge in [0, 0.05) is 17.4 Å². The molecule has 0 radical (unpaired) electrons. The predicted octanol–water partition coefficient (Wildman–Crippen LogP) is 6.14. The highest BCUT2D eigenvalue weighted by molar-refractivity contribution is 6.74. The molecule has 0 saturated carbocycles. The van der Waals surface area contributed by atoms with Crippen molar-refractivity contribution >= 4 is 14.1 Å². The largest absolute Gasteiger partial charge is 0.546 e. The number of ketones is 1. The third-order valence-electron chi connectivity index (χ3n) is 6.59. The first-order valence-corrected chi connectivity index (χ1v) is 12.5. The fourth-order valence-electron chi connectivity index (χ4n) is 3.92. The molecule has 0 bridgehead atoms. The van der Waals surface area contributed by atoms with E-state index in [-0.39, 0.29) is 16.9 Å². The van der Waals surface area contributed by atoms with Gasteiger partial charge in [-0.3, -0.25) is 4.79 Å². The van der Waals surface area contributed by atoms with Crippen molar-refractivity contribution in [1.29, 1.82) is 0 Å². The van der Waals surface area contributed by atoms with E-state index in [9.17, 15) is 4.79 Å². The second-order valence-corrected chi connectivity index (χ2v) is 14.0. The van der Waals surface area contributed by atoms with Gasteiger partial charge in [-0.2, -0.15) is 0 Å². The average Bonchev–Trinajstić information content (AvgIpc) is 2.87. The van der Waals surface area contributed by atoms with Crippen LogP contribution in [0.1, 0.15) is 62.9 Å². The zero-order chi connectivity index (χ0) is 18.4. The van der Waals surface area contributed by atoms with Crippen LogP contribution in [0.5, 0.6) is 0 Å². The molecule has 2 nitrogen and oxygen atoms in total. The SMILES string of the molecule is CC1=C(O[Si](C)(C)C(C)(C)C)C(C2CCc3ccccc3C2=O)CC1. The molecule has 0 amide bonds. The molecule has 0 fully saturated rings. The number of benzene rings is 1. The summed E-state index contributed by atoms with van der Waals surface area (Å²) in [6, 6.07) is 8.13. The Morgan fingerprint density at radius 3 is 2.36 bits per heavy atom. The maximum Gasteiger partial charge on any atom is 0.250 e. The molecule has 1 aromatic rings. The summed E-state index contributed by atoms with van der Waals surface area (Å²) in [5.41, 5.74) is 3.52. The number of rotatable bonds is 3. The van der Waals surface area contributed by atoms with Gasteiger partial charge in [-0.25, -0.2) is 0 Å². The predicted molar refractivity (Wildman–Crippen MR) is 106 cm³/mol. The number of hydrogen-bond donors (Lipinski definition) is 0. The Kier molecular flexibility index (Phi) is 4.74. The summed E-state index contributed by atoms with van der Waals surface area (Å²) in [4.78, 5) is 13.2. The fraction of sp³-hybridized carbons (Fsp3) is 0.591. The van der Waals surface area contributed by atoms with Crippen molar-refractivity contribution < 1.29 is 9.22 Å². The van der Waals surface area contributed by atoms with Crippen LogP contribution in [0, 0.1) is 11.8 Å². The molecule has 0 aliphatic heterocycles. The Balaban J connectivity index is 1.87. The molecular formula is C22H32O2Si. The smallest absolute Gasteiger partial charge is 0.250 e. The number of allylic oxidation sites excluding steroid dienone is 2. The van der Waals surface area contributed by atoms with Crippen molar-refractivity contribution in [3.63, 3.8) is 0 Å². The number of carbonyl (C=O) groups excluding carboxylic acids is 1. The van der Waals surface area contributed by atoms with E-state index in [0.29, 0.717) is 5.78 Å². The van der Waals surface area contributed by atoms with E-state index in [2.05, 4.69) is 46.9 Å². The topological polar surface area (TPSA) is 26.3 Å². The van der Waals surface area contributed by atoms with E-state index in [1.165, 1.54) is 11.1 Å². The number of hydrogen-bond acceptors (Lipinski definition) is 2. The van der Waals surface area contributed by atoms with Gasteiger partial charge in [-0.05, 0) is 61.9 Å². The molecule has 0 heterocycles. The second-order valence-electron chi connectivity index (χ2n) is 9.32. The molecule has 0 spiro atoms. The lowest BCUT2D eigenvalue weighted by molar-refractivity contribution is 0.0843. The van der Waals surface area contributed by atoms with Crippen molar-refractivity contribution in [3.8, 4) is 0 Å². The molecule has 1 aromatic carbocycles. The van der Waals surface area contributed by atoms with E-state index >= 15 is 0 Å². The van der Waals surface area contributed by atoms with E-state index in [0.717, 1.165) is 37.0 Å². The Hall–Kier alpha value is -1.35. The normalized spacial score (nSPS) is 24.5. The summed E-state index contributed by atoms with van der Waals surface area (Å²) in [7, 11) is -1.88. The highest BCUT2D eigenvalue weighted by Crippen LogP contribution is 2.46. The van der Waals surface area contributed by atoms with Crippen LogP contribution in [0.15, 0.2) is 35.6 Å². The third-order valence-corrected chi connectivity index (χ3v) is 10.9. The van der Waals surface area contributed by atoms with Gasteiger partial charge in [0.25, 0.3) is 0 Å². The van der Waals surface area contributed by atoms with Crippen molar-refractivity contribution in [3.05, 3.63) is 46.7 Å². The Morgan fingerprint density at radius 2 is 1.68 bits per heavy atom. The highest BCUT2D eigenvalue weighted by Gasteiger charge is 2.44. The summed E-state index contributed by atoms with van der Waals surface area (Å²) in [5, 5.41) is 0.177. The molecule has 25 heavy (non-hydrogen) atoms. The summed E-state index contributed by atoms with van der Waals surface area (Å²) in [5.74, 6) is 1.85. The molecule has 0 saturated heterocycles. The van der Waals surface area contributed by atoms with Gasteiger partial charge in [0.2, 0.25) is 8.32 Å². The monoisotopic (exact) mass is 356 g/mol. The number of fused-ring (bicyclic) bond motifs is 1. The molecule has 136 valence electrons. The molecule has 2 atom stereocenters. The van der Waals surface area contributed by atoms with Crippen LogP contribution in [-0.2, 0) is 10.8 Å². The molecule has 0 N–H and O–H groups in total. The Labute approximate surface area is 153 Å². The molecule has 3 rings (SSSR count). The molecule has 2 aliphatic carbocycles. The van der Waals surface area contributed by atoms with E-state index in [1.807, 2.05) is 18.2 Å². The molecular weight excluding hydrogens is 324 g/mol.